The monoisotopic (exact) mass is 414 g/mol. The lowest BCUT2D eigenvalue weighted by molar-refractivity contribution is 0.263. The Balaban J connectivity index is 2.65. The molecule has 2 rings (SSSR count). The highest BCUT2D eigenvalue weighted by Gasteiger charge is 2.29. The fraction of sp³-hybridized carbons (Fsp3) is 0.222. The first kappa shape index (κ1) is 20.7. The highest BCUT2D eigenvalue weighted by Crippen LogP contribution is 2.39. The van der Waals surface area contributed by atoms with Gasteiger partial charge in [-0.2, -0.15) is 5.26 Å². The molecule has 0 radical (unpaired) electrons. The topological polar surface area (TPSA) is 62.6 Å². The molecule has 0 saturated heterocycles. The number of nitriles is 1. The van der Waals surface area contributed by atoms with E-state index < -0.39 is 22.7 Å². The van der Waals surface area contributed by atoms with Crippen LogP contribution in [0.1, 0.15) is 16.7 Å². The van der Waals surface area contributed by atoms with Crippen LogP contribution in [0.3, 0.4) is 0 Å². The summed E-state index contributed by atoms with van der Waals surface area (Å²) in [6, 6.07) is 6.11. The Hall–Kier alpha value is -2.56. The van der Waals surface area contributed by atoms with Crippen molar-refractivity contribution in [2.75, 3.05) is 19.1 Å². The van der Waals surface area contributed by atoms with Crippen LogP contribution in [0.5, 0.6) is 11.5 Å². The van der Waals surface area contributed by atoms with Crippen molar-refractivity contribution in [1.82, 2.24) is 0 Å². The van der Waals surface area contributed by atoms with Gasteiger partial charge in [0.25, 0.3) is 0 Å². The third-order valence-corrected chi connectivity index (χ3v) is 4.54. The Morgan fingerprint density at radius 3 is 2.22 bits per heavy atom. The maximum absolute atomic E-state index is 14.7. The third kappa shape index (κ3) is 3.92. The molecule has 0 saturated carbocycles. The minimum Gasteiger partial charge on any atom is -0.493 e. The Morgan fingerprint density at radius 1 is 1.22 bits per heavy atom. The molecule has 2 aromatic carbocycles. The first-order chi connectivity index (χ1) is 12.8. The molecule has 0 N–H and O–H groups in total. The smallest absolute Gasteiger partial charge is 0.321 e. The maximum atomic E-state index is 14.7. The van der Waals surface area contributed by atoms with E-state index in [-0.39, 0.29) is 34.2 Å². The molecule has 0 aliphatic carbocycles. The van der Waals surface area contributed by atoms with Crippen molar-refractivity contribution in [1.29, 1.82) is 5.26 Å². The molecule has 0 aliphatic rings. The van der Waals surface area contributed by atoms with Gasteiger partial charge in [0, 0.05) is 6.07 Å². The van der Waals surface area contributed by atoms with Crippen molar-refractivity contribution in [3.8, 4) is 17.6 Å². The molecule has 0 atom stereocenters. The van der Waals surface area contributed by atoms with Gasteiger partial charge in [0.05, 0.1) is 31.4 Å². The number of rotatable bonds is 5. The van der Waals surface area contributed by atoms with Crippen LogP contribution in [-0.4, -0.2) is 19.6 Å². The minimum atomic E-state index is -1.15. The number of aryl methyl sites for hydroxylation is 1. The molecule has 27 heavy (non-hydrogen) atoms. The molecule has 0 fully saturated rings. The van der Waals surface area contributed by atoms with Crippen LogP contribution in [0, 0.1) is 29.9 Å². The predicted octanol–water partition coefficient (Wildman–Crippen LogP) is 5.18. The molecule has 0 spiro atoms. The summed E-state index contributed by atoms with van der Waals surface area (Å²) in [5, 5.41) is 8.13. The van der Waals surface area contributed by atoms with E-state index in [9.17, 15) is 18.8 Å². The maximum Gasteiger partial charge on any atom is 0.321 e. The second-order valence-electron chi connectivity index (χ2n) is 5.44. The van der Waals surface area contributed by atoms with Crippen molar-refractivity contribution in [2.24, 2.45) is 0 Å². The summed E-state index contributed by atoms with van der Waals surface area (Å²) in [4.78, 5) is 12.6. The molecular weight excluding hydrogens is 401 g/mol. The molecule has 1 amide bonds. The summed E-state index contributed by atoms with van der Waals surface area (Å²) in [5.41, 5.74) is 0.352. The van der Waals surface area contributed by atoms with E-state index in [1.54, 1.807) is 19.1 Å². The van der Waals surface area contributed by atoms with Crippen LogP contribution in [0.15, 0.2) is 18.2 Å². The highest BCUT2D eigenvalue weighted by molar-refractivity contribution is 6.66. The zero-order chi connectivity index (χ0) is 20.3. The van der Waals surface area contributed by atoms with Gasteiger partial charge in [0.15, 0.2) is 23.1 Å². The Labute approximate surface area is 164 Å². The lowest BCUT2D eigenvalue weighted by Crippen LogP contribution is -2.28. The summed E-state index contributed by atoms with van der Waals surface area (Å²) < 4.78 is 39.2. The van der Waals surface area contributed by atoms with E-state index in [2.05, 4.69) is 0 Å². The van der Waals surface area contributed by atoms with E-state index in [1.807, 2.05) is 6.07 Å². The van der Waals surface area contributed by atoms with Crippen molar-refractivity contribution in [3.05, 3.63) is 51.5 Å². The van der Waals surface area contributed by atoms with Crippen LogP contribution in [-0.2, 0) is 6.54 Å². The molecule has 0 aliphatic heterocycles. The van der Waals surface area contributed by atoms with Gasteiger partial charge in [-0.15, -0.1) is 0 Å². The molecule has 2 aromatic rings. The fourth-order valence-corrected chi connectivity index (χ4v) is 2.94. The second kappa shape index (κ2) is 8.42. The van der Waals surface area contributed by atoms with Crippen molar-refractivity contribution >= 4 is 34.3 Å². The van der Waals surface area contributed by atoms with Crippen LogP contribution < -0.4 is 14.4 Å². The molecule has 9 heteroatoms. The normalized spacial score (nSPS) is 10.3. The predicted molar refractivity (Wildman–Crippen MR) is 97.8 cm³/mol. The largest absolute Gasteiger partial charge is 0.493 e. The number of carbonyl (C=O) groups is 1. The van der Waals surface area contributed by atoms with Crippen molar-refractivity contribution in [3.63, 3.8) is 0 Å². The number of nitrogens with zero attached hydrogens (tertiary/aromatic N) is 2. The first-order valence-electron chi connectivity index (χ1n) is 7.51. The van der Waals surface area contributed by atoms with Gasteiger partial charge in [-0.1, -0.05) is 23.7 Å². The number of benzene rings is 2. The van der Waals surface area contributed by atoms with E-state index in [1.165, 1.54) is 14.2 Å². The Morgan fingerprint density at radius 2 is 1.78 bits per heavy atom. The molecule has 142 valence electrons. The zero-order valence-electron chi connectivity index (χ0n) is 14.6. The second-order valence-corrected chi connectivity index (χ2v) is 6.14. The van der Waals surface area contributed by atoms with Gasteiger partial charge >= 0.3 is 5.37 Å². The van der Waals surface area contributed by atoms with E-state index in [4.69, 9.17) is 32.7 Å². The number of carbonyl (C=O) groups excluding carboxylic acids is 1. The van der Waals surface area contributed by atoms with Gasteiger partial charge in [-0.3, -0.25) is 9.69 Å². The highest BCUT2D eigenvalue weighted by atomic mass is 35.5. The number of hydrogen-bond acceptors (Lipinski definition) is 4. The lowest BCUT2D eigenvalue weighted by Gasteiger charge is -2.23. The van der Waals surface area contributed by atoms with Gasteiger partial charge in [0.2, 0.25) is 0 Å². The van der Waals surface area contributed by atoms with Crippen LogP contribution >= 0.6 is 23.2 Å². The van der Waals surface area contributed by atoms with E-state index in [0.29, 0.717) is 10.5 Å². The number of halogens is 4. The zero-order valence-corrected chi connectivity index (χ0v) is 16.1. The lowest BCUT2D eigenvalue weighted by atomic mass is 10.1. The van der Waals surface area contributed by atoms with Crippen LogP contribution in [0.4, 0.5) is 19.3 Å². The van der Waals surface area contributed by atoms with Gasteiger partial charge in [0.1, 0.15) is 11.8 Å². The van der Waals surface area contributed by atoms with E-state index in [0.717, 1.165) is 6.07 Å². The van der Waals surface area contributed by atoms with Gasteiger partial charge in [-0.05, 0) is 29.7 Å². The average Bonchev–Trinajstić information content (AvgIpc) is 2.63. The van der Waals surface area contributed by atoms with Crippen LogP contribution in [0.25, 0.3) is 0 Å². The molecule has 0 heterocycles. The Bertz CT molecular complexity index is 917. The van der Waals surface area contributed by atoms with Crippen molar-refractivity contribution < 1.29 is 23.0 Å². The van der Waals surface area contributed by atoms with E-state index >= 15 is 0 Å². The summed E-state index contributed by atoms with van der Waals surface area (Å²) in [6.45, 7) is 1.31. The molecular formula is C18H14Cl2F2N2O3. The molecule has 5 nitrogen and oxygen atoms in total. The Kier molecular flexibility index (Phi) is 6.47. The minimum absolute atomic E-state index is 0.0658. The van der Waals surface area contributed by atoms with Crippen LogP contribution in [0.2, 0.25) is 5.02 Å². The van der Waals surface area contributed by atoms with Crippen molar-refractivity contribution in [2.45, 2.75) is 13.5 Å². The van der Waals surface area contributed by atoms with Gasteiger partial charge in [-0.25, -0.2) is 8.78 Å². The standard InChI is InChI=1S/C18H14Cl2F2N2O3/c1-9-4-5-10(14(19)11(9)7-23)8-24(18(20)25)17-15(21)12(26-2)6-13(27-3)16(17)22/h4-6H,8H2,1-3H3. The number of anilines is 1. The fourth-order valence-electron chi connectivity index (χ4n) is 2.48. The number of ether oxygens (including phenoxy) is 2. The summed E-state index contributed by atoms with van der Waals surface area (Å²) in [6.07, 6.45) is 0. The first-order valence-corrected chi connectivity index (χ1v) is 8.27. The molecule has 0 bridgehead atoms. The number of amides is 1. The van der Waals surface area contributed by atoms with Gasteiger partial charge < -0.3 is 9.47 Å². The number of methoxy groups -OCH3 is 2. The third-order valence-electron chi connectivity index (χ3n) is 3.90. The quantitative estimate of drug-likeness (QED) is 0.499. The SMILES string of the molecule is COc1cc(OC)c(F)c(N(Cc2ccc(C)c(C#N)c2Cl)C(=O)Cl)c1F. The molecule has 0 unspecified atom stereocenters. The number of hydrogen-bond donors (Lipinski definition) is 0. The summed E-state index contributed by atoms with van der Waals surface area (Å²) in [5.74, 6) is -2.93. The summed E-state index contributed by atoms with van der Waals surface area (Å²) in [7, 11) is 2.37. The average molecular weight is 415 g/mol. The summed E-state index contributed by atoms with van der Waals surface area (Å²) >= 11 is 11.8. The molecule has 0 aromatic heterocycles.